The summed E-state index contributed by atoms with van der Waals surface area (Å²) in [5.41, 5.74) is 2.60. The highest BCUT2D eigenvalue weighted by Gasteiger charge is 2.33. The fourth-order valence-corrected chi connectivity index (χ4v) is 4.96. The Morgan fingerprint density at radius 3 is 2.26 bits per heavy atom. The summed E-state index contributed by atoms with van der Waals surface area (Å²) in [7, 11) is 0. The Kier molecular flexibility index (Phi) is 6.39. The van der Waals surface area contributed by atoms with E-state index in [0.717, 1.165) is 30.0 Å². The van der Waals surface area contributed by atoms with E-state index in [2.05, 4.69) is 17.4 Å². The van der Waals surface area contributed by atoms with Crippen LogP contribution in [0.1, 0.15) is 39.1 Å². The van der Waals surface area contributed by atoms with Crippen molar-refractivity contribution in [1.29, 1.82) is 0 Å². The molecule has 4 heteroatoms. The molecule has 0 radical (unpaired) electrons. The Hall–Kier alpha value is -3.92. The quantitative estimate of drug-likeness (QED) is 0.439. The average Bonchev–Trinajstić information content (AvgIpc) is 2.89. The number of benzene rings is 4. The summed E-state index contributed by atoms with van der Waals surface area (Å²) in [6, 6.07) is 33.5. The van der Waals surface area contributed by atoms with Crippen LogP contribution in [-0.2, 0) is 6.42 Å². The fraction of sp³-hybridized carbons (Fsp3) is 0.200. The Morgan fingerprint density at radius 2 is 1.47 bits per heavy atom. The minimum absolute atomic E-state index is 0.0139. The van der Waals surface area contributed by atoms with Crippen LogP contribution < -0.4 is 5.32 Å². The van der Waals surface area contributed by atoms with Crippen molar-refractivity contribution in [2.75, 3.05) is 6.54 Å². The normalized spacial score (nSPS) is 17.9. The van der Waals surface area contributed by atoms with Crippen molar-refractivity contribution in [2.45, 2.75) is 31.3 Å². The molecule has 1 fully saturated rings. The number of fused-ring (bicyclic) bond motifs is 1. The number of amides is 2. The highest BCUT2D eigenvalue weighted by Crippen LogP contribution is 2.25. The summed E-state index contributed by atoms with van der Waals surface area (Å²) in [6.45, 7) is 0.617. The van der Waals surface area contributed by atoms with Gasteiger partial charge in [0.25, 0.3) is 11.8 Å². The molecule has 0 spiro atoms. The molecule has 2 atom stereocenters. The van der Waals surface area contributed by atoms with Crippen LogP contribution in [0.2, 0.25) is 0 Å². The van der Waals surface area contributed by atoms with Crippen LogP contribution in [0.5, 0.6) is 0 Å². The molecule has 4 aromatic carbocycles. The second kappa shape index (κ2) is 9.92. The first-order valence-corrected chi connectivity index (χ1v) is 11.9. The largest absolute Gasteiger partial charge is 0.349 e. The molecule has 34 heavy (non-hydrogen) atoms. The zero-order valence-electron chi connectivity index (χ0n) is 19.1. The second-order valence-corrected chi connectivity index (χ2v) is 8.93. The molecule has 1 N–H and O–H groups in total. The van der Waals surface area contributed by atoms with E-state index >= 15 is 0 Å². The van der Waals surface area contributed by atoms with Crippen LogP contribution in [0.3, 0.4) is 0 Å². The van der Waals surface area contributed by atoms with Gasteiger partial charge in [-0.2, -0.15) is 0 Å². The van der Waals surface area contributed by atoms with Crippen molar-refractivity contribution >= 4 is 22.6 Å². The zero-order chi connectivity index (χ0) is 23.3. The van der Waals surface area contributed by atoms with Gasteiger partial charge in [0, 0.05) is 29.8 Å². The van der Waals surface area contributed by atoms with E-state index in [0.29, 0.717) is 17.7 Å². The molecular formula is C30H28N2O2. The zero-order valence-corrected chi connectivity index (χ0v) is 19.1. The smallest absolute Gasteiger partial charge is 0.254 e. The molecule has 0 aromatic heterocycles. The van der Waals surface area contributed by atoms with Gasteiger partial charge < -0.3 is 10.2 Å². The number of hydrogen-bond donors (Lipinski definition) is 1. The van der Waals surface area contributed by atoms with Crippen molar-refractivity contribution in [1.82, 2.24) is 10.2 Å². The van der Waals surface area contributed by atoms with Crippen molar-refractivity contribution in [3.05, 3.63) is 120 Å². The molecule has 1 heterocycles. The minimum Gasteiger partial charge on any atom is -0.349 e. The summed E-state index contributed by atoms with van der Waals surface area (Å²) >= 11 is 0. The predicted octanol–water partition coefficient (Wildman–Crippen LogP) is 5.49. The number of rotatable bonds is 5. The summed E-state index contributed by atoms with van der Waals surface area (Å²) in [5.74, 6) is 0.00320. The van der Waals surface area contributed by atoms with E-state index < -0.39 is 0 Å². The SMILES string of the molecule is O=C(NC1CCN(C(=O)c2ccccc2)C(Cc2ccccc2)C1)c1cccc2ccccc12. The van der Waals surface area contributed by atoms with Gasteiger partial charge in [-0.1, -0.05) is 84.9 Å². The molecule has 2 amide bonds. The molecule has 1 aliphatic heterocycles. The number of carbonyl (C=O) groups is 2. The van der Waals surface area contributed by atoms with Crippen LogP contribution in [0.4, 0.5) is 0 Å². The highest BCUT2D eigenvalue weighted by molar-refractivity contribution is 6.07. The molecule has 2 unspecified atom stereocenters. The lowest BCUT2D eigenvalue weighted by Gasteiger charge is -2.40. The summed E-state index contributed by atoms with van der Waals surface area (Å²) in [5, 5.41) is 5.28. The highest BCUT2D eigenvalue weighted by atomic mass is 16.2. The standard InChI is InChI=1S/C30H28N2O2/c33-29(28-17-9-15-23-12-7-8-16-27(23)28)31-25-18-19-32(30(34)24-13-5-2-6-14-24)26(21-25)20-22-10-3-1-4-11-22/h1-17,25-26H,18-21H2,(H,31,33). The Morgan fingerprint density at radius 1 is 0.794 bits per heavy atom. The van der Waals surface area contributed by atoms with E-state index in [-0.39, 0.29) is 23.9 Å². The number of hydrogen-bond acceptors (Lipinski definition) is 2. The second-order valence-electron chi connectivity index (χ2n) is 8.93. The molecule has 4 nitrogen and oxygen atoms in total. The van der Waals surface area contributed by atoms with Gasteiger partial charge in [0.2, 0.25) is 0 Å². The molecular weight excluding hydrogens is 420 g/mol. The van der Waals surface area contributed by atoms with Crippen molar-refractivity contribution in [3.63, 3.8) is 0 Å². The van der Waals surface area contributed by atoms with Gasteiger partial charge in [-0.3, -0.25) is 9.59 Å². The first-order chi connectivity index (χ1) is 16.7. The lowest BCUT2D eigenvalue weighted by atomic mass is 9.91. The number of piperidine rings is 1. The van der Waals surface area contributed by atoms with Gasteiger partial charge in [-0.15, -0.1) is 0 Å². The lowest BCUT2D eigenvalue weighted by Crippen LogP contribution is -2.52. The first kappa shape index (κ1) is 21.9. The lowest BCUT2D eigenvalue weighted by molar-refractivity contribution is 0.0571. The number of nitrogens with one attached hydrogen (secondary N) is 1. The van der Waals surface area contributed by atoms with Gasteiger partial charge >= 0.3 is 0 Å². The van der Waals surface area contributed by atoms with Crippen LogP contribution in [0.15, 0.2) is 103 Å². The summed E-state index contributed by atoms with van der Waals surface area (Å²) in [4.78, 5) is 28.6. The fourth-order valence-electron chi connectivity index (χ4n) is 4.96. The molecule has 5 rings (SSSR count). The van der Waals surface area contributed by atoms with E-state index in [1.807, 2.05) is 95.9 Å². The van der Waals surface area contributed by atoms with Gasteiger partial charge in [0.05, 0.1) is 0 Å². The molecule has 1 saturated heterocycles. The van der Waals surface area contributed by atoms with E-state index in [1.165, 1.54) is 5.56 Å². The van der Waals surface area contributed by atoms with Crippen molar-refractivity contribution < 1.29 is 9.59 Å². The molecule has 1 aliphatic rings. The Bertz CT molecular complexity index is 1280. The van der Waals surface area contributed by atoms with Crippen molar-refractivity contribution in [2.24, 2.45) is 0 Å². The number of carbonyl (C=O) groups excluding carboxylic acids is 2. The van der Waals surface area contributed by atoms with E-state index in [1.54, 1.807) is 0 Å². The monoisotopic (exact) mass is 448 g/mol. The van der Waals surface area contributed by atoms with Crippen LogP contribution in [0, 0.1) is 0 Å². The van der Waals surface area contributed by atoms with Crippen molar-refractivity contribution in [3.8, 4) is 0 Å². The molecule has 0 saturated carbocycles. The molecule has 0 aliphatic carbocycles. The summed E-state index contributed by atoms with van der Waals surface area (Å²) < 4.78 is 0. The maximum atomic E-state index is 13.3. The maximum Gasteiger partial charge on any atom is 0.254 e. The molecule has 4 aromatic rings. The third-order valence-electron chi connectivity index (χ3n) is 6.68. The Labute approximate surface area is 200 Å². The van der Waals surface area contributed by atoms with Gasteiger partial charge in [0.1, 0.15) is 0 Å². The third-order valence-corrected chi connectivity index (χ3v) is 6.68. The first-order valence-electron chi connectivity index (χ1n) is 11.9. The minimum atomic E-state index is -0.0527. The van der Waals surface area contributed by atoms with Crippen LogP contribution in [-0.4, -0.2) is 35.3 Å². The maximum absolute atomic E-state index is 13.3. The molecule has 170 valence electrons. The number of likely N-dealkylation sites (tertiary alicyclic amines) is 1. The third kappa shape index (κ3) is 4.72. The molecule has 0 bridgehead atoms. The van der Waals surface area contributed by atoms with E-state index in [9.17, 15) is 9.59 Å². The van der Waals surface area contributed by atoms with Gasteiger partial charge in [0.15, 0.2) is 0 Å². The predicted molar refractivity (Wildman–Crippen MR) is 136 cm³/mol. The topological polar surface area (TPSA) is 49.4 Å². The van der Waals surface area contributed by atoms with E-state index in [4.69, 9.17) is 0 Å². The summed E-state index contributed by atoms with van der Waals surface area (Å²) in [6.07, 6.45) is 2.23. The average molecular weight is 449 g/mol. The van der Waals surface area contributed by atoms with Crippen LogP contribution >= 0.6 is 0 Å². The van der Waals surface area contributed by atoms with Crippen LogP contribution in [0.25, 0.3) is 10.8 Å². The Balaban J connectivity index is 1.36. The van der Waals surface area contributed by atoms with Gasteiger partial charge in [-0.05, 0) is 53.8 Å². The number of nitrogens with zero attached hydrogens (tertiary/aromatic N) is 1. The van der Waals surface area contributed by atoms with Gasteiger partial charge in [-0.25, -0.2) is 0 Å².